The van der Waals surface area contributed by atoms with Gasteiger partial charge >= 0.3 is 0 Å². The number of carbonyl (C=O) groups is 1. The van der Waals surface area contributed by atoms with Gasteiger partial charge in [-0.15, -0.1) is 0 Å². The maximum absolute atomic E-state index is 11.8. The number of amides is 1. The highest BCUT2D eigenvalue weighted by molar-refractivity contribution is 6.31. The van der Waals surface area contributed by atoms with Crippen molar-refractivity contribution in [3.8, 4) is 0 Å². The first-order valence-corrected chi connectivity index (χ1v) is 7.05. The van der Waals surface area contributed by atoms with Crippen molar-refractivity contribution in [1.82, 2.24) is 20.0 Å². The van der Waals surface area contributed by atoms with E-state index < -0.39 is 0 Å². The molecule has 6 heteroatoms. The van der Waals surface area contributed by atoms with Crippen molar-refractivity contribution in [3.63, 3.8) is 0 Å². The van der Waals surface area contributed by atoms with Crippen LogP contribution in [0, 0.1) is 13.8 Å². The largest absolute Gasteiger partial charge is 0.353 e. The Balaban J connectivity index is 2.41. The highest BCUT2D eigenvalue weighted by Gasteiger charge is 2.11. The Hall–Kier alpha value is -1.07. The molecule has 1 amide bonds. The van der Waals surface area contributed by atoms with Crippen LogP contribution in [0.3, 0.4) is 0 Å². The molecule has 0 aliphatic rings. The average Bonchev–Trinajstić information content (AvgIpc) is 2.62. The topological polar surface area (TPSA) is 50.2 Å². The summed E-state index contributed by atoms with van der Waals surface area (Å²) in [4.78, 5) is 14.1. The van der Waals surface area contributed by atoms with E-state index in [-0.39, 0.29) is 12.5 Å². The minimum absolute atomic E-state index is 0.0329. The van der Waals surface area contributed by atoms with Gasteiger partial charge in [0.25, 0.3) is 0 Å². The number of aromatic nitrogens is 2. The van der Waals surface area contributed by atoms with E-state index in [1.807, 2.05) is 13.8 Å². The molecule has 1 aromatic heterocycles. The summed E-state index contributed by atoms with van der Waals surface area (Å²) in [6, 6.07) is 0. The molecule has 0 fully saturated rings. The van der Waals surface area contributed by atoms with Crippen LogP contribution in [-0.2, 0) is 11.3 Å². The molecule has 0 aliphatic carbocycles. The second-order valence-corrected chi connectivity index (χ2v) is 4.90. The minimum Gasteiger partial charge on any atom is -0.353 e. The molecule has 5 nitrogen and oxygen atoms in total. The fraction of sp³-hybridized carbons (Fsp3) is 0.692. The van der Waals surface area contributed by atoms with E-state index in [1.54, 1.807) is 4.68 Å². The fourth-order valence-corrected chi connectivity index (χ4v) is 2.05. The Morgan fingerprint density at radius 1 is 1.37 bits per heavy atom. The Morgan fingerprint density at radius 2 is 2.00 bits per heavy atom. The summed E-state index contributed by atoms with van der Waals surface area (Å²) in [6.45, 7) is 11.7. The second-order valence-electron chi connectivity index (χ2n) is 4.52. The molecule has 0 aliphatic heterocycles. The number of aryl methyl sites for hydroxylation is 1. The molecule has 1 rings (SSSR count). The van der Waals surface area contributed by atoms with E-state index in [9.17, 15) is 4.79 Å². The number of halogens is 1. The normalized spacial score (nSPS) is 11.1. The molecule has 0 unspecified atom stereocenters. The molecule has 1 heterocycles. The van der Waals surface area contributed by atoms with Crippen molar-refractivity contribution < 1.29 is 4.79 Å². The summed E-state index contributed by atoms with van der Waals surface area (Å²) in [7, 11) is 0. The van der Waals surface area contributed by atoms with Gasteiger partial charge in [0.2, 0.25) is 5.91 Å². The van der Waals surface area contributed by atoms with E-state index >= 15 is 0 Å². The van der Waals surface area contributed by atoms with Crippen LogP contribution in [0.25, 0.3) is 0 Å². The maximum atomic E-state index is 11.8. The summed E-state index contributed by atoms with van der Waals surface area (Å²) >= 11 is 6.04. The summed E-state index contributed by atoms with van der Waals surface area (Å²) < 4.78 is 1.64. The molecular formula is C13H23ClN4O. The fourth-order valence-electron chi connectivity index (χ4n) is 1.91. The predicted octanol–water partition coefficient (Wildman–Crippen LogP) is 1.61. The van der Waals surface area contributed by atoms with Crippen molar-refractivity contribution in [3.05, 3.63) is 16.4 Å². The number of hydrogen-bond donors (Lipinski definition) is 1. The smallest absolute Gasteiger partial charge is 0.241 e. The zero-order chi connectivity index (χ0) is 14.4. The molecule has 1 N–H and O–H groups in total. The highest BCUT2D eigenvalue weighted by Crippen LogP contribution is 2.18. The van der Waals surface area contributed by atoms with E-state index in [0.29, 0.717) is 11.6 Å². The summed E-state index contributed by atoms with van der Waals surface area (Å²) in [6.07, 6.45) is 0. The van der Waals surface area contributed by atoms with Gasteiger partial charge in [-0.05, 0) is 26.9 Å². The summed E-state index contributed by atoms with van der Waals surface area (Å²) in [5.41, 5.74) is 1.59. The Labute approximate surface area is 119 Å². The first kappa shape index (κ1) is 16.0. The molecule has 0 bridgehead atoms. The molecule has 0 aromatic carbocycles. The average molecular weight is 287 g/mol. The van der Waals surface area contributed by atoms with E-state index in [0.717, 1.165) is 31.0 Å². The molecule has 19 heavy (non-hydrogen) atoms. The van der Waals surface area contributed by atoms with E-state index in [1.165, 1.54) is 0 Å². The number of likely N-dealkylation sites (N-methyl/N-ethyl adjacent to an activating group) is 1. The van der Waals surface area contributed by atoms with Crippen LogP contribution >= 0.6 is 11.6 Å². The molecule has 1 aromatic rings. The van der Waals surface area contributed by atoms with Crippen LogP contribution in [0.15, 0.2) is 0 Å². The monoisotopic (exact) mass is 286 g/mol. The molecule has 0 saturated carbocycles. The molecule has 0 radical (unpaired) electrons. The van der Waals surface area contributed by atoms with Crippen LogP contribution in [0.5, 0.6) is 0 Å². The lowest BCUT2D eigenvalue weighted by Crippen LogP contribution is -2.36. The standard InChI is InChI=1S/C13H23ClN4O/c1-5-17(6-2)8-7-15-12(19)9-18-11(4)13(14)10(3)16-18/h5-9H2,1-4H3,(H,15,19). The lowest BCUT2D eigenvalue weighted by atomic mass is 10.4. The van der Waals surface area contributed by atoms with E-state index in [4.69, 9.17) is 11.6 Å². The van der Waals surface area contributed by atoms with Crippen molar-refractivity contribution in [2.45, 2.75) is 34.2 Å². The van der Waals surface area contributed by atoms with Gasteiger partial charge in [-0.1, -0.05) is 25.4 Å². The molecule has 108 valence electrons. The van der Waals surface area contributed by atoms with Crippen molar-refractivity contribution in [2.24, 2.45) is 0 Å². The van der Waals surface area contributed by atoms with Crippen molar-refractivity contribution in [2.75, 3.05) is 26.2 Å². The van der Waals surface area contributed by atoms with Gasteiger partial charge < -0.3 is 10.2 Å². The SMILES string of the molecule is CCN(CC)CCNC(=O)Cn1nc(C)c(Cl)c1C. The lowest BCUT2D eigenvalue weighted by Gasteiger charge is -2.18. The molecular weight excluding hydrogens is 264 g/mol. The number of nitrogens with one attached hydrogen (secondary N) is 1. The second kappa shape index (κ2) is 7.50. The number of hydrogen-bond acceptors (Lipinski definition) is 3. The highest BCUT2D eigenvalue weighted by atomic mass is 35.5. The minimum atomic E-state index is -0.0329. The van der Waals surface area contributed by atoms with Crippen LogP contribution in [0.4, 0.5) is 0 Å². The first-order chi connectivity index (χ1) is 8.99. The first-order valence-electron chi connectivity index (χ1n) is 6.68. The van der Waals surface area contributed by atoms with Crippen molar-refractivity contribution in [1.29, 1.82) is 0 Å². The number of carbonyl (C=O) groups excluding carboxylic acids is 1. The quantitative estimate of drug-likeness (QED) is 0.828. The molecule has 0 saturated heterocycles. The zero-order valence-corrected chi connectivity index (χ0v) is 12.9. The molecule has 0 atom stereocenters. The van der Waals surface area contributed by atoms with Crippen LogP contribution < -0.4 is 5.32 Å². The molecule has 0 spiro atoms. The Bertz CT molecular complexity index is 427. The predicted molar refractivity (Wildman–Crippen MR) is 77.5 cm³/mol. The van der Waals surface area contributed by atoms with Crippen molar-refractivity contribution >= 4 is 17.5 Å². The zero-order valence-electron chi connectivity index (χ0n) is 12.2. The van der Waals surface area contributed by atoms with Gasteiger partial charge in [0.15, 0.2) is 0 Å². The summed E-state index contributed by atoms with van der Waals surface area (Å²) in [5.74, 6) is -0.0329. The third-order valence-electron chi connectivity index (χ3n) is 3.23. The Kier molecular flexibility index (Phi) is 6.31. The summed E-state index contributed by atoms with van der Waals surface area (Å²) in [5, 5.41) is 7.78. The van der Waals surface area contributed by atoms with Gasteiger partial charge in [-0.25, -0.2) is 0 Å². The van der Waals surface area contributed by atoms with Gasteiger partial charge in [0.05, 0.1) is 16.4 Å². The van der Waals surface area contributed by atoms with Crippen LogP contribution in [-0.4, -0.2) is 46.8 Å². The number of rotatable bonds is 7. The third-order valence-corrected chi connectivity index (χ3v) is 3.78. The van der Waals surface area contributed by atoms with Crippen LogP contribution in [0.1, 0.15) is 25.2 Å². The van der Waals surface area contributed by atoms with Gasteiger partial charge in [0, 0.05) is 13.1 Å². The van der Waals surface area contributed by atoms with Crippen LogP contribution in [0.2, 0.25) is 5.02 Å². The maximum Gasteiger partial charge on any atom is 0.241 e. The van der Waals surface area contributed by atoms with Gasteiger partial charge in [-0.2, -0.15) is 5.10 Å². The number of nitrogens with zero attached hydrogens (tertiary/aromatic N) is 3. The van der Waals surface area contributed by atoms with E-state index in [2.05, 4.69) is 29.2 Å². The third kappa shape index (κ3) is 4.51. The Morgan fingerprint density at radius 3 is 2.47 bits per heavy atom. The lowest BCUT2D eigenvalue weighted by molar-refractivity contribution is -0.121. The van der Waals surface area contributed by atoms with Gasteiger partial charge in [0.1, 0.15) is 6.54 Å². The van der Waals surface area contributed by atoms with Gasteiger partial charge in [-0.3, -0.25) is 9.48 Å².